The zero-order valence-corrected chi connectivity index (χ0v) is 11.5. The molecule has 0 aliphatic carbocycles. The molecule has 0 atom stereocenters. The molecule has 0 saturated heterocycles. The second kappa shape index (κ2) is 5.05. The largest absolute Gasteiger partial charge is 0.417 e. The maximum absolute atomic E-state index is 12.7. The first-order valence-corrected chi connectivity index (χ1v) is 6.29. The van der Waals surface area contributed by atoms with E-state index in [-0.39, 0.29) is 22.9 Å². The van der Waals surface area contributed by atoms with Crippen molar-refractivity contribution in [1.29, 1.82) is 0 Å². The zero-order valence-electron chi connectivity index (χ0n) is 10.8. The van der Waals surface area contributed by atoms with E-state index in [2.05, 4.69) is 4.98 Å². The fourth-order valence-electron chi connectivity index (χ4n) is 1.80. The van der Waals surface area contributed by atoms with Crippen LogP contribution in [0.2, 0.25) is 5.02 Å². The monoisotopic (exact) mass is 301 g/mol. The van der Waals surface area contributed by atoms with Gasteiger partial charge in [-0.3, -0.25) is 4.79 Å². The van der Waals surface area contributed by atoms with Crippen molar-refractivity contribution in [2.24, 2.45) is 5.92 Å². The van der Waals surface area contributed by atoms with Crippen LogP contribution in [0, 0.1) is 5.92 Å². The number of carbonyl (C=O) groups excluding carboxylic acids is 1. The highest BCUT2D eigenvalue weighted by Crippen LogP contribution is 2.36. The Morgan fingerprint density at radius 1 is 1.25 bits per heavy atom. The number of carbonyl (C=O) groups is 1. The molecule has 106 valence electrons. The fourth-order valence-corrected chi connectivity index (χ4v) is 2.06. The van der Waals surface area contributed by atoms with Gasteiger partial charge >= 0.3 is 6.18 Å². The molecular weight excluding hydrogens is 291 g/mol. The minimum atomic E-state index is -4.52. The number of aromatic nitrogens is 1. The lowest BCUT2D eigenvalue weighted by atomic mass is 10.0. The lowest BCUT2D eigenvalue weighted by Crippen LogP contribution is -2.10. The second-order valence-electron chi connectivity index (χ2n) is 4.74. The minimum Gasteiger partial charge on any atom is -0.292 e. The molecule has 2 nitrogen and oxygen atoms in total. The van der Waals surface area contributed by atoms with Gasteiger partial charge in [0.05, 0.1) is 16.1 Å². The molecule has 0 spiro atoms. The standard InChI is InChI=1S/C14H11ClF3NO/c1-7(2)13(20)11-4-3-8-5-9(14(16,17)18)10(15)6-12(8)19-11/h3-7H,1-2H3. The van der Waals surface area contributed by atoms with E-state index in [0.717, 1.165) is 12.1 Å². The number of rotatable bonds is 2. The molecule has 2 rings (SSSR count). The molecule has 20 heavy (non-hydrogen) atoms. The van der Waals surface area contributed by atoms with Gasteiger partial charge in [0.25, 0.3) is 0 Å². The fraction of sp³-hybridized carbons (Fsp3) is 0.286. The van der Waals surface area contributed by atoms with Crippen LogP contribution in [0.3, 0.4) is 0 Å². The van der Waals surface area contributed by atoms with Crippen LogP contribution in [-0.4, -0.2) is 10.8 Å². The number of fused-ring (bicyclic) bond motifs is 1. The summed E-state index contributed by atoms with van der Waals surface area (Å²) in [5.41, 5.74) is -0.408. The number of Topliss-reactive ketones (excluding diaryl/α,β-unsaturated/α-hetero) is 1. The summed E-state index contributed by atoms with van der Waals surface area (Å²) in [4.78, 5) is 15.9. The SMILES string of the molecule is CC(C)C(=O)c1ccc2cc(C(F)(F)F)c(Cl)cc2n1. The first kappa shape index (κ1) is 14.8. The topological polar surface area (TPSA) is 30.0 Å². The third-order valence-corrected chi connectivity index (χ3v) is 3.17. The van der Waals surface area contributed by atoms with Crippen LogP contribution < -0.4 is 0 Å². The molecule has 0 fully saturated rings. The molecule has 1 heterocycles. The van der Waals surface area contributed by atoms with Crippen LogP contribution in [0.5, 0.6) is 0 Å². The minimum absolute atomic E-state index is 0.164. The number of ketones is 1. The van der Waals surface area contributed by atoms with Crippen LogP contribution in [0.15, 0.2) is 24.3 Å². The molecule has 6 heteroatoms. The predicted octanol–water partition coefficient (Wildman–Crippen LogP) is 4.75. The molecule has 2 aromatic rings. The Kier molecular flexibility index (Phi) is 3.73. The summed E-state index contributed by atoms with van der Waals surface area (Å²) in [7, 11) is 0. The van der Waals surface area contributed by atoms with Gasteiger partial charge in [0.15, 0.2) is 5.78 Å². The van der Waals surface area contributed by atoms with Crippen LogP contribution >= 0.6 is 11.6 Å². The lowest BCUT2D eigenvalue weighted by Gasteiger charge is -2.11. The Balaban J connectivity index is 2.59. The highest BCUT2D eigenvalue weighted by Gasteiger charge is 2.33. The average Bonchev–Trinajstić information content (AvgIpc) is 2.34. The van der Waals surface area contributed by atoms with Crippen molar-refractivity contribution in [2.75, 3.05) is 0 Å². The highest BCUT2D eigenvalue weighted by molar-refractivity contribution is 6.32. The van der Waals surface area contributed by atoms with Crippen molar-refractivity contribution in [3.8, 4) is 0 Å². The van der Waals surface area contributed by atoms with Gasteiger partial charge in [0.1, 0.15) is 5.69 Å². The molecule has 0 N–H and O–H groups in total. The van der Waals surface area contributed by atoms with Crippen molar-refractivity contribution < 1.29 is 18.0 Å². The number of hydrogen-bond donors (Lipinski definition) is 0. The number of halogens is 4. The van der Waals surface area contributed by atoms with Gasteiger partial charge in [-0.1, -0.05) is 31.5 Å². The van der Waals surface area contributed by atoms with Gasteiger partial charge in [-0.05, 0) is 18.2 Å². The zero-order chi connectivity index (χ0) is 15.1. The van der Waals surface area contributed by atoms with Crippen molar-refractivity contribution in [3.05, 3.63) is 40.5 Å². The molecule has 0 amide bonds. The Bertz CT molecular complexity index is 680. The Hall–Kier alpha value is -1.62. The lowest BCUT2D eigenvalue weighted by molar-refractivity contribution is -0.137. The van der Waals surface area contributed by atoms with Crippen LogP contribution in [-0.2, 0) is 6.18 Å². The van der Waals surface area contributed by atoms with Gasteiger partial charge in [-0.2, -0.15) is 13.2 Å². The van der Waals surface area contributed by atoms with Crippen LogP contribution in [0.25, 0.3) is 10.9 Å². The van der Waals surface area contributed by atoms with Crippen molar-refractivity contribution in [3.63, 3.8) is 0 Å². The molecule has 0 aliphatic rings. The molecule has 0 radical (unpaired) electrons. The van der Waals surface area contributed by atoms with Gasteiger partial charge in [-0.15, -0.1) is 0 Å². The molecule has 0 unspecified atom stereocenters. The van der Waals surface area contributed by atoms with Crippen LogP contribution in [0.4, 0.5) is 13.2 Å². The van der Waals surface area contributed by atoms with Gasteiger partial charge < -0.3 is 0 Å². The van der Waals surface area contributed by atoms with Crippen molar-refractivity contribution in [2.45, 2.75) is 20.0 Å². The number of hydrogen-bond acceptors (Lipinski definition) is 2. The van der Waals surface area contributed by atoms with Gasteiger partial charge in [-0.25, -0.2) is 4.98 Å². The third-order valence-electron chi connectivity index (χ3n) is 2.86. The van der Waals surface area contributed by atoms with E-state index in [4.69, 9.17) is 11.6 Å². The van der Waals surface area contributed by atoms with Gasteiger partial charge in [0, 0.05) is 11.3 Å². The second-order valence-corrected chi connectivity index (χ2v) is 5.15. The van der Waals surface area contributed by atoms with Crippen molar-refractivity contribution >= 4 is 28.3 Å². The summed E-state index contributed by atoms with van der Waals surface area (Å²) >= 11 is 5.64. The van der Waals surface area contributed by atoms with E-state index in [1.54, 1.807) is 13.8 Å². The number of benzene rings is 1. The molecule has 0 aliphatic heterocycles. The first-order chi connectivity index (χ1) is 9.20. The van der Waals surface area contributed by atoms with Crippen molar-refractivity contribution in [1.82, 2.24) is 4.98 Å². The molecule has 1 aromatic heterocycles. The maximum Gasteiger partial charge on any atom is 0.417 e. The summed E-state index contributed by atoms with van der Waals surface area (Å²) in [5, 5.41) is -0.131. The molecular formula is C14H11ClF3NO. The van der Waals surface area contributed by atoms with E-state index < -0.39 is 16.8 Å². The summed E-state index contributed by atoms with van der Waals surface area (Å²) in [6.07, 6.45) is -4.52. The van der Waals surface area contributed by atoms with E-state index in [9.17, 15) is 18.0 Å². The molecule has 1 aromatic carbocycles. The average molecular weight is 302 g/mol. The Morgan fingerprint density at radius 2 is 1.90 bits per heavy atom. The van der Waals surface area contributed by atoms with E-state index in [1.807, 2.05) is 0 Å². The summed E-state index contributed by atoms with van der Waals surface area (Å²) < 4.78 is 38.2. The molecule has 0 bridgehead atoms. The van der Waals surface area contributed by atoms with E-state index in [0.29, 0.717) is 5.39 Å². The van der Waals surface area contributed by atoms with E-state index in [1.165, 1.54) is 12.1 Å². The van der Waals surface area contributed by atoms with Gasteiger partial charge in [0.2, 0.25) is 0 Å². The number of alkyl halides is 3. The summed E-state index contributed by atoms with van der Waals surface area (Å²) in [5.74, 6) is -0.396. The smallest absolute Gasteiger partial charge is 0.292 e. The first-order valence-electron chi connectivity index (χ1n) is 5.92. The summed E-state index contributed by atoms with van der Waals surface area (Å²) in [6.45, 7) is 3.46. The number of nitrogens with zero attached hydrogens (tertiary/aromatic N) is 1. The Labute approximate surface area is 118 Å². The normalized spacial score (nSPS) is 12.2. The summed E-state index contributed by atoms with van der Waals surface area (Å²) in [6, 6.07) is 4.95. The maximum atomic E-state index is 12.7. The highest BCUT2D eigenvalue weighted by atomic mass is 35.5. The van der Waals surface area contributed by atoms with Crippen LogP contribution in [0.1, 0.15) is 29.9 Å². The quantitative estimate of drug-likeness (QED) is 0.750. The predicted molar refractivity (Wildman–Crippen MR) is 70.9 cm³/mol. The number of pyridine rings is 1. The Morgan fingerprint density at radius 3 is 2.45 bits per heavy atom. The molecule has 0 saturated carbocycles. The third kappa shape index (κ3) is 2.77. The van der Waals surface area contributed by atoms with E-state index >= 15 is 0 Å².